The van der Waals surface area contributed by atoms with Crippen molar-refractivity contribution >= 4 is 42.8 Å². The lowest BCUT2D eigenvalue weighted by Gasteiger charge is -2.46. The average Bonchev–Trinajstić information content (AvgIpc) is 4.36. The largest absolute Gasteiger partial charge is 0.507 e. The van der Waals surface area contributed by atoms with Crippen molar-refractivity contribution in [3.05, 3.63) is 51.6 Å². The Labute approximate surface area is 486 Å². The molecule has 14 rings (SSSR count). The molecule has 6 saturated heterocycles. The van der Waals surface area contributed by atoms with Gasteiger partial charge < -0.3 is 45.1 Å². The van der Waals surface area contributed by atoms with Crippen molar-refractivity contribution in [3.63, 3.8) is 0 Å². The summed E-state index contributed by atoms with van der Waals surface area (Å²) in [5, 5.41) is 96.3. The van der Waals surface area contributed by atoms with E-state index in [-0.39, 0.29) is 102 Å². The molecule has 22 heteroatoms. The molecule has 20 nitrogen and oxygen atoms in total. The summed E-state index contributed by atoms with van der Waals surface area (Å²) in [7, 11) is 5.92. The van der Waals surface area contributed by atoms with Gasteiger partial charge >= 0.3 is 0 Å². The van der Waals surface area contributed by atoms with E-state index in [1.807, 2.05) is 15.4 Å². The van der Waals surface area contributed by atoms with Crippen LogP contribution in [0.3, 0.4) is 0 Å². The number of halogens is 1. The van der Waals surface area contributed by atoms with E-state index in [9.17, 15) is 39.9 Å². The standard InChI is InChI=1S/C59H83N9O11.Al.ClH/c1-25-46(71)36(21-40(78-25)79-38-23-59(76,39(70)24-69)22-34-43(38)50(75)45-44(48(34)73)47(72)32-17-10-20-37(77-2)42(32)49(45)74)60-35-19-9-18-33-41(35)58-67-56-31-16-8-7-15-30(31)54(65-56)63-52-27-12-4-3-11-26(27)51(61-52)62-53-28-13-5-6-14-29(28)55(64-53)66-57(33)68-58;;/h10,17,20,25-31,33,35-36,38,40-41,46,51-58,60-69,71,73,75-76H,3-9,11-16,18-19,21-24H2,1-2H3;;1H/q;+1;/p-1/t25?,26?,27?,28?,29?,30?,31?,33?,35?,36?,38-,40?,41?,46?,51?,52?,53?,54?,55?,56?,57?,58?,59-;;/m0../s1. The number of fused-ring (bicyclic) bond motifs is 23. The van der Waals surface area contributed by atoms with Gasteiger partial charge in [-0.1, -0.05) is 57.1 Å². The molecule has 2 aromatic carbocycles. The maximum atomic E-state index is 14.4. The van der Waals surface area contributed by atoms with Gasteiger partial charge in [0, 0.05) is 54.0 Å². The number of benzene rings is 2. The van der Waals surface area contributed by atoms with Crippen LogP contribution in [0.4, 0.5) is 0 Å². The monoisotopic (exact) mass is 1160 g/mol. The van der Waals surface area contributed by atoms with E-state index in [1.54, 1.807) is 13.0 Å². The molecule has 21 unspecified atom stereocenters. The normalized spacial score (nSPS) is 44.0. The van der Waals surface area contributed by atoms with E-state index in [0.717, 1.165) is 19.3 Å². The second-order valence-electron chi connectivity index (χ2n) is 26.0. The molecule has 0 spiro atoms. The van der Waals surface area contributed by atoms with Crippen molar-refractivity contribution < 1.29 is 54.1 Å². The summed E-state index contributed by atoms with van der Waals surface area (Å²) in [5.74, 6) is -0.0358. The fourth-order valence-corrected chi connectivity index (χ4v) is 18.4. The predicted molar refractivity (Wildman–Crippen MR) is 299 cm³/mol. The molecule has 6 heterocycles. The van der Waals surface area contributed by atoms with Crippen LogP contribution in [0, 0.1) is 47.3 Å². The topological polar surface area (TPSA) is 288 Å². The zero-order valence-corrected chi connectivity index (χ0v) is 48.4. The van der Waals surface area contributed by atoms with Crippen LogP contribution in [0.2, 0.25) is 0 Å². The summed E-state index contributed by atoms with van der Waals surface area (Å²) in [6.45, 7) is 0.749. The number of hydrogen-bond acceptors (Lipinski definition) is 20. The second kappa shape index (κ2) is 23.1. The van der Waals surface area contributed by atoms with Gasteiger partial charge in [0.05, 0.1) is 91.4 Å². The van der Waals surface area contributed by atoms with Crippen LogP contribution >= 0.6 is 10.0 Å². The molecule has 6 aliphatic carbocycles. The van der Waals surface area contributed by atoms with Gasteiger partial charge in [-0.25, -0.2) is 0 Å². The highest BCUT2D eigenvalue weighted by Gasteiger charge is 2.57. The number of carbonyl (C=O) groups is 3. The Morgan fingerprint density at radius 2 is 1.16 bits per heavy atom. The Morgan fingerprint density at radius 3 is 1.67 bits per heavy atom. The van der Waals surface area contributed by atoms with Gasteiger partial charge in [0.1, 0.15) is 29.5 Å². The predicted octanol–water partition coefficient (Wildman–Crippen LogP) is 2.54. The summed E-state index contributed by atoms with van der Waals surface area (Å²) in [6, 6.07) is 3.93. The number of ether oxygens (including phenoxy) is 3. The van der Waals surface area contributed by atoms with Crippen molar-refractivity contribution in [1.29, 1.82) is 0 Å². The highest BCUT2D eigenvalue weighted by molar-refractivity contribution is 6.80. The second-order valence-corrected chi connectivity index (χ2v) is 26.0. The maximum absolute atomic E-state index is 14.4. The van der Waals surface area contributed by atoms with Crippen molar-refractivity contribution in [1.82, 2.24) is 47.9 Å². The first-order valence-electron chi connectivity index (χ1n) is 30.6. The minimum Gasteiger partial charge on any atom is -0.507 e. The van der Waals surface area contributed by atoms with E-state index < -0.39 is 95.7 Å². The maximum Gasteiger partial charge on any atom is 0.293 e. The van der Waals surface area contributed by atoms with Crippen molar-refractivity contribution in [2.75, 3.05) is 13.7 Å². The van der Waals surface area contributed by atoms with Crippen LogP contribution in [0.25, 0.3) is 0 Å². The van der Waals surface area contributed by atoms with E-state index in [0.29, 0.717) is 35.5 Å². The van der Waals surface area contributed by atoms with Gasteiger partial charge in [0.2, 0.25) is 5.78 Å². The average molecular weight is 1160 g/mol. The number of Topliss-reactive ketones (excluding diaryl/α,β-unsaturated/α-hetero) is 1. The Morgan fingerprint density at radius 1 is 0.679 bits per heavy atom. The minimum absolute atomic E-state index is 0.0287. The summed E-state index contributed by atoms with van der Waals surface area (Å²) in [4.78, 5) is 41.9. The molecular formula is C59H83AlClN9O11. The molecule has 440 valence electrons. The quantitative estimate of drug-likeness (QED) is 0.120. The number of rotatable bonds is 7. The summed E-state index contributed by atoms with van der Waals surface area (Å²) in [5.41, 5.74) is -3.52. The SMILES string of the molecule is COc1cccc2c1C(=O)c1c(O)c3c(c(O)c1C2=O)C[C@@](O)(C(=O)CO)C[C@@H]3OC1CC(NC2CCCC3C4NC5NC(NC6NC(NC7NC(NC(N4)C23)C2CCCCC72)C2CCCCC62)C2CCCCC52)C(O)C(C)O1.[Al][Cl]. The highest BCUT2D eigenvalue weighted by Crippen LogP contribution is 2.54. The smallest absolute Gasteiger partial charge is 0.293 e. The minimum atomic E-state index is -2.29. The van der Waals surface area contributed by atoms with Crippen molar-refractivity contribution in [2.24, 2.45) is 47.3 Å². The fraction of sp³-hybridized carbons (Fsp3) is 0.746. The number of methoxy groups -OCH3 is 1. The lowest BCUT2D eigenvalue weighted by Crippen LogP contribution is -2.63. The molecular weight excluding hydrogens is 1070 g/mol. The first kappa shape index (κ1) is 57.2. The van der Waals surface area contributed by atoms with Crippen molar-refractivity contribution in [2.45, 2.75) is 214 Å². The number of phenols is 2. The molecule has 10 fully saturated rings. The van der Waals surface area contributed by atoms with Gasteiger partial charge in [0.25, 0.3) is 15.4 Å². The molecule has 2 radical (unpaired) electrons. The first-order chi connectivity index (χ1) is 39.3. The molecule has 23 atom stereocenters. The Balaban J connectivity index is 0.00000306. The lowest BCUT2D eigenvalue weighted by molar-refractivity contribution is -0.250. The van der Waals surface area contributed by atoms with Gasteiger partial charge in [-0.15, -0.1) is 0 Å². The van der Waals surface area contributed by atoms with Crippen LogP contribution in [0.15, 0.2) is 18.2 Å². The number of carbonyl (C=O) groups excluding carboxylic acids is 3. The molecule has 8 bridgehead atoms. The van der Waals surface area contributed by atoms with E-state index in [1.165, 1.54) is 96.3 Å². The zero-order valence-electron chi connectivity index (χ0n) is 46.5. The molecule has 0 amide bonds. The van der Waals surface area contributed by atoms with Gasteiger partial charge in [-0.05, 0) is 106 Å². The van der Waals surface area contributed by atoms with Crippen LogP contribution in [-0.4, -0.2) is 157 Å². The molecule has 6 aliphatic heterocycles. The van der Waals surface area contributed by atoms with E-state index in [2.05, 4.69) is 57.9 Å². The third-order valence-corrected chi connectivity index (χ3v) is 22.1. The third kappa shape index (κ3) is 9.85. The molecule has 12 aliphatic rings. The molecule has 81 heavy (non-hydrogen) atoms. The number of phenolic OH excluding ortho intramolecular Hbond substituents is 2. The van der Waals surface area contributed by atoms with Gasteiger partial charge in [-0.2, -0.15) is 0 Å². The lowest BCUT2D eigenvalue weighted by atomic mass is 9.72. The summed E-state index contributed by atoms with van der Waals surface area (Å²) >= 11 is 1.89. The molecule has 0 aromatic heterocycles. The zero-order chi connectivity index (χ0) is 56.2. The van der Waals surface area contributed by atoms with Gasteiger partial charge in [0.15, 0.2) is 17.9 Å². The van der Waals surface area contributed by atoms with Crippen LogP contribution in [0.5, 0.6) is 17.2 Å². The number of aliphatic hydroxyl groups excluding tert-OH is 2. The summed E-state index contributed by atoms with van der Waals surface area (Å²) in [6.07, 6.45) is 13.8. The molecule has 4 saturated carbocycles. The highest BCUT2D eigenvalue weighted by atomic mass is 35.6. The third-order valence-electron chi connectivity index (χ3n) is 22.1. The fourth-order valence-electron chi connectivity index (χ4n) is 18.4. The molecule has 14 N–H and O–H groups in total. The Hall–Kier alpha value is -2.89. The first-order valence-corrected chi connectivity index (χ1v) is 32.3. The van der Waals surface area contributed by atoms with Gasteiger partial charge in [-0.3, -0.25) is 67.0 Å². The van der Waals surface area contributed by atoms with Crippen molar-refractivity contribution in [3.8, 4) is 17.2 Å². The number of aromatic hydroxyl groups is 2. The number of aliphatic hydroxyl groups is 3. The van der Waals surface area contributed by atoms with E-state index in [4.69, 9.17) is 14.2 Å². The number of ketones is 3. The van der Waals surface area contributed by atoms with Crippen LogP contribution < -0.4 is 52.6 Å². The number of nitrogens with one attached hydrogen (secondary N) is 9. The molecule has 2 aromatic rings. The summed E-state index contributed by atoms with van der Waals surface area (Å²) < 4.78 is 18.6. The van der Waals surface area contributed by atoms with E-state index >= 15 is 0 Å². The van der Waals surface area contributed by atoms with Crippen LogP contribution in [0.1, 0.15) is 165 Å². The van der Waals surface area contributed by atoms with Crippen LogP contribution in [-0.2, 0) is 20.7 Å². The number of hydrogen-bond donors (Lipinski definition) is 14. The Kier molecular flexibility index (Phi) is 16.3. The Bertz CT molecular complexity index is 2730.